The van der Waals surface area contributed by atoms with Crippen LogP contribution < -0.4 is 5.73 Å². The van der Waals surface area contributed by atoms with Gasteiger partial charge >= 0.3 is 0 Å². The Balaban J connectivity index is 2.67. The highest BCUT2D eigenvalue weighted by Crippen LogP contribution is 2.22. The standard InChI is InChI=1S/C12H16FN3/c1-8(2)16-11-7-9(13)3-4-10(11)15-12(16)5-6-14/h3-4,7-8H,5-6,14H2,1-2H3. The lowest BCUT2D eigenvalue weighted by molar-refractivity contribution is 0.580. The summed E-state index contributed by atoms with van der Waals surface area (Å²) >= 11 is 0. The Morgan fingerprint density at radius 2 is 2.19 bits per heavy atom. The maximum Gasteiger partial charge on any atom is 0.125 e. The number of aromatic nitrogens is 2. The van der Waals surface area contributed by atoms with Crippen LogP contribution in [-0.2, 0) is 6.42 Å². The van der Waals surface area contributed by atoms with Gasteiger partial charge in [0.2, 0.25) is 0 Å². The van der Waals surface area contributed by atoms with Crippen molar-refractivity contribution >= 4 is 11.0 Å². The van der Waals surface area contributed by atoms with E-state index in [1.165, 1.54) is 12.1 Å². The minimum Gasteiger partial charge on any atom is -0.330 e. The second kappa shape index (κ2) is 4.22. The van der Waals surface area contributed by atoms with E-state index in [1.54, 1.807) is 6.07 Å². The zero-order chi connectivity index (χ0) is 11.7. The average Bonchev–Trinajstić information content (AvgIpc) is 2.55. The van der Waals surface area contributed by atoms with Crippen molar-refractivity contribution in [2.45, 2.75) is 26.3 Å². The van der Waals surface area contributed by atoms with Crippen LogP contribution in [0.3, 0.4) is 0 Å². The molecule has 2 rings (SSSR count). The average molecular weight is 221 g/mol. The summed E-state index contributed by atoms with van der Waals surface area (Å²) in [6, 6.07) is 4.94. The number of nitrogens with two attached hydrogens (primary N) is 1. The molecule has 0 saturated heterocycles. The van der Waals surface area contributed by atoms with Crippen molar-refractivity contribution < 1.29 is 4.39 Å². The quantitative estimate of drug-likeness (QED) is 0.864. The Bertz CT molecular complexity index is 502. The maximum absolute atomic E-state index is 13.2. The Kier molecular flexibility index (Phi) is 2.92. The fourth-order valence-electron chi connectivity index (χ4n) is 2.00. The summed E-state index contributed by atoms with van der Waals surface area (Å²) in [5.41, 5.74) is 7.23. The molecule has 1 aromatic carbocycles. The van der Waals surface area contributed by atoms with E-state index in [1.807, 2.05) is 4.57 Å². The normalized spacial score (nSPS) is 11.6. The summed E-state index contributed by atoms with van der Waals surface area (Å²) in [5, 5.41) is 0. The minimum absolute atomic E-state index is 0.228. The lowest BCUT2D eigenvalue weighted by Crippen LogP contribution is -2.11. The highest BCUT2D eigenvalue weighted by Gasteiger charge is 2.12. The molecule has 0 aliphatic carbocycles. The summed E-state index contributed by atoms with van der Waals surface area (Å²) in [4.78, 5) is 4.48. The molecule has 0 fully saturated rings. The first kappa shape index (κ1) is 11.1. The number of benzene rings is 1. The van der Waals surface area contributed by atoms with Crippen molar-refractivity contribution in [3.05, 3.63) is 29.8 Å². The molecule has 2 aromatic rings. The molecule has 86 valence electrons. The van der Waals surface area contributed by atoms with Gasteiger partial charge < -0.3 is 10.3 Å². The molecule has 0 atom stereocenters. The monoisotopic (exact) mass is 221 g/mol. The topological polar surface area (TPSA) is 43.8 Å². The van der Waals surface area contributed by atoms with E-state index >= 15 is 0 Å². The van der Waals surface area contributed by atoms with Gasteiger partial charge in [0.1, 0.15) is 11.6 Å². The van der Waals surface area contributed by atoms with Gasteiger partial charge in [-0.25, -0.2) is 9.37 Å². The van der Waals surface area contributed by atoms with E-state index in [0.29, 0.717) is 13.0 Å². The van der Waals surface area contributed by atoms with Crippen LogP contribution in [0.4, 0.5) is 4.39 Å². The van der Waals surface area contributed by atoms with Crippen molar-refractivity contribution in [3.8, 4) is 0 Å². The molecular weight excluding hydrogens is 205 g/mol. The fraction of sp³-hybridized carbons (Fsp3) is 0.417. The largest absolute Gasteiger partial charge is 0.330 e. The lowest BCUT2D eigenvalue weighted by Gasteiger charge is -2.12. The minimum atomic E-state index is -0.228. The number of hydrogen-bond acceptors (Lipinski definition) is 2. The summed E-state index contributed by atoms with van der Waals surface area (Å²) in [5.74, 6) is 0.701. The van der Waals surface area contributed by atoms with E-state index in [2.05, 4.69) is 18.8 Å². The Morgan fingerprint density at radius 1 is 1.44 bits per heavy atom. The summed E-state index contributed by atoms with van der Waals surface area (Å²) < 4.78 is 15.3. The van der Waals surface area contributed by atoms with E-state index in [9.17, 15) is 4.39 Å². The number of fused-ring (bicyclic) bond motifs is 1. The van der Waals surface area contributed by atoms with Gasteiger partial charge in [-0.05, 0) is 38.6 Å². The fourth-order valence-corrected chi connectivity index (χ4v) is 2.00. The van der Waals surface area contributed by atoms with Crippen LogP contribution >= 0.6 is 0 Å². The third-order valence-corrected chi connectivity index (χ3v) is 2.61. The van der Waals surface area contributed by atoms with Crippen LogP contribution in [-0.4, -0.2) is 16.1 Å². The molecule has 0 saturated carbocycles. The zero-order valence-corrected chi connectivity index (χ0v) is 9.57. The highest BCUT2D eigenvalue weighted by atomic mass is 19.1. The number of nitrogens with zero attached hydrogens (tertiary/aromatic N) is 2. The van der Waals surface area contributed by atoms with Crippen LogP contribution in [0.5, 0.6) is 0 Å². The maximum atomic E-state index is 13.2. The highest BCUT2D eigenvalue weighted by molar-refractivity contribution is 5.76. The molecule has 0 aliphatic heterocycles. The Labute approximate surface area is 94.1 Å². The van der Waals surface area contributed by atoms with Crippen LogP contribution in [0, 0.1) is 5.82 Å². The molecule has 16 heavy (non-hydrogen) atoms. The first-order valence-electron chi connectivity index (χ1n) is 5.50. The molecular formula is C12H16FN3. The molecule has 2 N–H and O–H groups in total. The van der Waals surface area contributed by atoms with Gasteiger partial charge in [0, 0.05) is 12.5 Å². The van der Waals surface area contributed by atoms with Gasteiger partial charge in [0.05, 0.1) is 11.0 Å². The number of hydrogen-bond donors (Lipinski definition) is 1. The van der Waals surface area contributed by atoms with Crippen LogP contribution in [0.25, 0.3) is 11.0 Å². The molecule has 3 nitrogen and oxygen atoms in total. The van der Waals surface area contributed by atoms with Crippen molar-refractivity contribution in [3.63, 3.8) is 0 Å². The van der Waals surface area contributed by atoms with Crippen molar-refractivity contribution in [1.82, 2.24) is 9.55 Å². The van der Waals surface area contributed by atoms with E-state index in [4.69, 9.17) is 5.73 Å². The third kappa shape index (κ3) is 1.80. The van der Waals surface area contributed by atoms with Gasteiger partial charge in [0.15, 0.2) is 0 Å². The van der Waals surface area contributed by atoms with Crippen molar-refractivity contribution in [2.24, 2.45) is 5.73 Å². The number of imidazole rings is 1. The first-order valence-corrected chi connectivity index (χ1v) is 5.50. The molecule has 0 bridgehead atoms. The molecule has 0 radical (unpaired) electrons. The van der Waals surface area contributed by atoms with Gasteiger partial charge in [0.25, 0.3) is 0 Å². The second-order valence-corrected chi connectivity index (χ2v) is 4.16. The molecule has 1 aromatic heterocycles. The first-order chi connectivity index (χ1) is 7.63. The molecule has 1 heterocycles. The van der Waals surface area contributed by atoms with Gasteiger partial charge in [-0.3, -0.25) is 0 Å². The van der Waals surface area contributed by atoms with E-state index in [0.717, 1.165) is 16.9 Å². The molecule has 4 heteroatoms. The zero-order valence-electron chi connectivity index (χ0n) is 9.57. The van der Waals surface area contributed by atoms with Crippen LogP contribution in [0.1, 0.15) is 25.7 Å². The van der Waals surface area contributed by atoms with Gasteiger partial charge in [-0.2, -0.15) is 0 Å². The number of halogens is 1. The lowest BCUT2D eigenvalue weighted by atomic mass is 10.3. The third-order valence-electron chi connectivity index (χ3n) is 2.61. The molecule has 0 amide bonds. The Morgan fingerprint density at radius 3 is 2.81 bits per heavy atom. The second-order valence-electron chi connectivity index (χ2n) is 4.16. The van der Waals surface area contributed by atoms with Gasteiger partial charge in [-0.1, -0.05) is 0 Å². The predicted octanol–water partition coefficient (Wildman–Crippen LogP) is 2.26. The molecule has 0 aliphatic rings. The van der Waals surface area contributed by atoms with Crippen LogP contribution in [0.2, 0.25) is 0 Å². The summed E-state index contributed by atoms with van der Waals surface area (Å²) in [7, 11) is 0. The molecule has 0 unspecified atom stereocenters. The number of rotatable bonds is 3. The van der Waals surface area contributed by atoms with Crippen LogP contribution in [0.15, 0.2) is 18.2 Å². The summed E-state index contributed by atoms with van der Waals surface area (Å²) in [6.45, 7) is 4.68. The predicted molar refractivity (Wildman–Crippen MR) is 62.8 cm³/mol. The summed E-state index contributed by atoms with van der Waals surface area (Å²) in [6.07, 6.45) is 0.717. The van der Waals surface area contributed by atoms with Gasteiger partial charge in [-0.15, -0.1) is 0 Å². The van der Waals surface area contributed by atoms with Crippen molar-refractivity contribution in [2.75, 3.05) is 6.54 Å². The van der Waals surface area contributed by atoms with E-state index < -0.39 is 0 Å². The SMILES string of the molecule is CC(C)n1c(CCN)nc2ccc(F)cc21. The Hall–Kier alpha value is -1.42. The van der Waals surface area contributed by atoms with Crippen molar-refractivity contribution in [1.29, 1.82) is 0 Å². The van der Waals surface area contributed by atoms with E-state index in [-0.39, 0.29) is 11.9 Å². The smallest absolute Gasteiger partial charge is 0.125 e. The molecule has 0 spiro atoms.